The molecule has 102 valence electrons. The van der Waals surface area contributed by atoms with Crippen LogP contribution in [0.5, 0.6) is 0 Å². The highest BCUT2D eigenvalue weighted by Crippen LogP contribution is 2.14. The summed E-state index contributed by atoms with van der Waals surface area (Å²) >= 11 is 0. The van der Waals surface area contributed by atoms with Crippen LogP contribution in [-0.2, 0) is 4.43 Å². The van der Waals surface area contributed by atoms with Crippen molar-refractivity contribution in [2.45, 2.75) is 38.9 Å². The Labute approximate surface area is 110 Å². The van der Waals surface area contributed by atoms with Gasteiger partial charge in [0, 0.05) is 25.4 Å². The van der Waals surface area contributed by atoms with E-state index in [-0.39, 0.29) is 0 Å². The summed E-state index contributed by atoms with van der Waals surface area (Å²) in [5, 5.41) is 3.27. The van der Waals surface area contributed by atoms with Crippen LogP contribution >= 0.6 is 0 Å². The van der Waals surface area contributed by atoms with Crippen molar-refractivity contribution in [1.29, 1.82) is 0 Å². The summed E-state index contributed by atoms with van der Waals surface area (Å²) in [7, 11) is 0.419. The second kappa shape index (κ2) is 6.70. The zero-order chi connectivity index (χ0) is 13.6. The molecule has 1 heterocycles. The van der Waals surface area contributed by atoms with Gasteiger partial charge in [0.2, 0.25) is 5.95 Å². The molecule has 0 aliphatic carbocycles. The molecule has 0 fully saturated rings. The first kappa shape index (κ1) is 14.9. The fourth-order valence-electron chi connectivity index (χ4n) is 1.68. The summed E-state index contributed by atoms with van der Waals surface area (Å²) in [5.74, 6) is 1.13. The Balaban J connectivity index is 2.26. The van der Waals surface area contributed by atoms with Crippen LogP contribution in [0.25, 0.3) is 0 Å². The Bertz CT molecular complexity index is 364. The molecule has 0 saturated heterocycles. The molecule has 1 aromatic rings. The lowest BCUT2D eigenvalue weighted by Gasteiger charge is -2.19. The van der Waals surface area contributed by atoms with E-state index in [1.165, 1.54) is 12.5 Å². The van der Waals surface area contributed by atoms with E-state index in [1.54, 1.807) is 0 Å². The summed E-state index contributed by atoms with van der Waals surface area (Å²) in [6.45, 7) is 7.31. The van der Waals surface area contributed by atoms with Gasteiger partial charge in [-0.3, -0.25) is 0 Å². The van der Waals surface area contributed by atoms with Crippen LogP contribution in [0.2, 0.25) is 19.1 Å². The number of nitrogens with two attached hydrogens (primary N) is 1. The van der Waals surface area contributed by atoms with Crippen LogP contribution in [0.1, 0.15) is 18.5 Å². The Kier molecular flexibility index (Phi) is 5.55. The molecule has 0 bridgehead atoms. The second-order valence-corrected chi connectivity index (χ2v) is 9.53. The Hall–Kier alpha value is -1.14. The molecule has 0 atom stereocenters. The van der Waals surface area contributed by atoms with Crippen LogP contribution in [0.4, 0.5) is 11.8 Å². The smallest absolute Gasteiger partial charge is 0.222 e. The van der Waals surface area contributed by atoms with Crippen LogP contribution in [0.3, 0.4) is 0 Å². The average Bonchev–Trinajstić information content (AvgIpc) is 2.27. The van der Waals surface area contributed by atoms with Crippen molar-refractivity contribution >= 4 is 20.1 Å². The fourth-order valence-corrected chi connectivity index (χ4v) is 2.98. The predicted octanol–water partition coefficient (Wildman–Crippen LogP) is 2.41. The lowest BCUT2D eigenvalue weighted by Crippen LogP contribution is -2.28. The maximum absolute atomic E-state index is 5.59. The third-order valence-electron chi connectivity index (χ3n) is 2.94. The van der Waals surface area contributed by atoms with Gasteiger partial charge >= 0.3 is 0 Å². The van der Waals surface area contributed by atoms with Gasteiger partial charge in [0.1, 0.15) is 5.82 Å². The number of nitrogens with zero attached hydrogens (tertiary/aromatic N) is 2. The lowest BCUT2D eigenvalue weighted by molar-refractivity contribution is 0.401. The van der Waals surface area contributed by atoms with Crippen molar-refractivity contribution in [1.82, 2.24) is 9.97 Å². The molecule has 6 heteroatoms. The molecule has 0 unspecified atom stereocenters. The topological polar surface area (TPSA) is 73.1 Å². The number of hydrogen-bond acceptors (Lipinski definition) is 5. The standard InChI is InChI=1S/C12H24N4OSi/c1-10-9-11(16-12(13)15-10)14-7-5-6-8-18(3,4)17-2/h9H,5-8H2,1-4H3,(H3,13,14,15,16). The van der Waals surface area contributed by atoms with Gasteiger partial charge in [-0.1, -0.05) is 6.42 Å². The van der Waals surface area contributed by atoms with E-state index in [2.05, 4.69) is 28.4 Å². The number of aryl methyl sites for hydroxylation is 1. The first-order valence-electron chi connectivity index (χ1n) is 6.33. The number of rotatable bonds is 7. The van der Waals surface area contributed by atoms with E-state index in [0.717, 1.165) is 24.5 Å². The van der Waals surface area contributed by atoms with Crippen LogP contribution in [-0.4, -0.2) is 31.9 Å². The second-order valence-electron chi connectivity index (χ2n) is 5.10. The molecular formula is C12H24N4OSi. The molecule has 18 heavy (non-hydrogen) atoms. The molecule has 0 aromatic carbocycles. The fraction of sp³-hybridized carbons (Fsp3) is 0.667. The van der Waals surface area contributed by atoms with Gasteiger partial charge < -0.3 is 15.5 Å². The largest absolute Gasteiger partial charge is 0.420 e. The number of nitrogen functional groups attached to an aromatic ring is 1. The van der Waals surface area contributed by atoms with Gasteiger partial charge in [0.05, 0.1) is 0 Å². The highest BCUT2D eigenvalue weighted by Gasteiger charge is 2.19. The Morgan fingerprint density at radius 3 is 2.67 bits per heavy atom. The van der Waals surface area contributed by atoms with E-state index >= 15 is 0 Å². The van der Waals surface area contributed by atoms with Crippen molar-refractivity contribution in [3.63, 3.8) is 0 Å². The molecule has 0 radical (unpaired) electrons. The molecule has 1 aromatic heterocycles. The molecule has 0 aliphatic rings. The van der Waals surface area contributed by atoms with Gasteiger partial charge in [-0.2, -0.15) is 4.98 Å². The number of hydrogen-bond donors (Lipinski definition) is 2. The van der Waals surface area contributed by atoms with Crippen LogP contribution in [0, 0.1) is 6.92 Å². The number of anilines is 2. The van der Waals surface area contributed by atoms with Gasteiger partial charge in [-0.05, 0) is 32.5 Å². The van der Waals surface area contributed by atoms with Crippen LogP contribution < -0.4 is 11.1 Å². The van der Waals surface area contributed by atoms with E-state index in [9.17, 15) is 0 Å². The van der Waals surface area contributed by atoms with E-state index < -0.39 is 8.32 Å². The normalized spacial score (nSPS) is 11.6. The highest BCUT2D eigenvalue weighted by atomic mass is 28.4. The van der Waals surface area contributed by atoms with Crippen molar-refractivity contribution in [2.75, 3.05) is 24.7 Å². The first-order chi connectivity index (χ1) is 8.43. The average molecular weight is 268 g/mol. The minimum Gasteiger partial charge on any atom is -0.420 e. The third kappa shape index (κ3) is 5.46. The van der Waals surface area contributed by atoms with E-state index in [0.29, 0.717) is 5.95 Å². The van der Waals surface area contributed by atoms with Crippen molar-refractivity contribution < 1.29 is 4.43 Å². The van der Waals surface area contributed by atoms with Crippen molar-refractivity contribution in [3.8, 4) is 0 Å². The summed E-state index contributed by atoms with van der Waals surface area (Å²) < 4.78 is 5.52. The van der Waals surface area contributed by atoms with Gasteiger partial charge in [0.25, 0.3) is 0 Å². The molecular weight excluding hydrogens is 244 g/mol. The maximum atomic E-state index is 5.59. The number of aromatic nitrogens is 2. The highest BCUT2D eigenvalue weighted by molar-refractivity contribution is 6.71. The van der Waals surface area contributed by atoms with Gasteiger partial charge in [-0.25, -0.2) is 4.98 Å². The van der Waals surface area contributed by atoms with Gasteiger partial charge in [0.15, 0.2) is 8.32 Å². The monoisotopic (exact) mass is 268 g/mol. The lowest BCUT2D eigenvalue weighted by atomic mass is 10.3. The SMILES string of the molecule is CO[Si](C)(C)CCCCNc1cc(C)nc(N)n1. The first-order valence-corrected chi connectivity index (χ1v) is 9.45. The molecule has 3 N–H and O–H groups in total. The molecule has 5 nitrogen and oxygen atoms in total. The summed E-state index contributed by atoms with van der Waals surface area (Å²) in [6.07, 6.45) is 2.29. The van der Waals surface area contributed by atoms with Crippen molar-refractivity contribution in [3.05, 3.63) is 11.8 Å². The Morgan fingerprint density at radius 1 is 1.33 bits per heavy atom. The molecule has 0 amide bonds. The maximum Gasteiger partial charge on any atom is 0.222 e. The minimum absolute atomic E-state index is 0.324. The Morgan fingerprint density at radius 2 is 2.06 bits per heavy atom. The predicted molar refractivity (Wildman–Crippen MR) is 78.2 cm³/mol. The number of nitrogens with one attached hydrogen (secondary N) is 1. The number of unbranched alkanes of at least 4 members (excludes halogenated alkanes) is 1. The van der Waals surface area contributed by atoms with E-state index in [4.69, 9.17) is 10.2 Å². The third-order valence-corrected chi connectivity index (χ3v) is 5.60. The summed E-state index contributed by atoms with van der Waals surface area (Å²) in [4.78, 5) is 8.17. The zero-order valence-corrected chi connectivity index (χ0v) is 12.8. The van der Waals surface area contributed by atoms with Crippen molar-refractivity contribution in [2.24, 2.45) is 0 Å². The molecule has 0 aliphatic heterocycles. The minimum atomic E-state index is -1.40. The van der Waals surface area contributed by atoms with E-state index in [1.807, 2.05) is 20.1 Å². The quantitative estimate of drug-likeness (QED) is 0.587. The summed E-state index contributed by atoms with van der Waals surface area (Å²) in [6, 6.07) is 3.10. The summed E-state index contributed by atoms with van der Waals surface area (Å²) in [5.41, 5.74) is 6.48. The molecule has 0 spiro atoms. The van der Waals surface area contributed by atoms with Gasteiger partial charge in [-0.15, -0.1) is 0 Å². The zero-order valence-electron chi connectivity index (χ0n) is 11.8. The molecule has 1 rings (SSSR count). The van der Waals surface area contributed by atoms with Crippen LogP contribution in [0.15, 0.2) is 6.07 Å². The molecule has 0 saturated carbocycles.